The van der Waals surface area contributed by atoms with Crippen molar-refractivity contribution in [3.63, 3.8) is 0 Å². The van der Waals surface area contributed by atoms with Gasteiger partial charge in [0, 0.05) is 18.0 Å². The minimum Gasteiger partial charge on any atom is -0.483 e. The van der Waals surface area contributed by atoms with Crippen LogP contribution in [0.1, 0.15) is 44.7 Å². The molecule has 1 aromatic rings. The van der Waals surface area contributed by atoms with Gasteiger partial charge in [-0.1, -0.05) is 13.8 Å². The molecular formula is C14H19NO3. The van der Waals surface area contributed by atoms with E-state index in [9.17, 15) is 0 Å². The molecule has 0 aromatic heterocycles. The number of hydrogen-bond acceptors (Lipinski definition) is 4. The highest BCUT2D eigenvalue weighted by Gasteiger charge is 2.40. The van der Waals surface area contributed by atoms with Crippen molar-refractivity contribution in [3.8, 4) is 17.2 Å². The molecule has 2 aliphatic heterocycles. The third kappa shape index (κ3) is 1.56. The number of ether oxygens (including phenoxy) is 3. The maximum absolute atomic E-state index is 6.29. The summed E-state index contributed by atoms with van der Waals surface area (Å²) in [6.07, 6.45) is 2.75. The zero-order chi connectivity index (χ0) is 12.8. The summed E-state index contributed by atoms with van der Waals surface area (Å²) >= 11 is 0. The highest BCUT2D eigenvalue weighted by Crippen LogP contribution is 2.51. The zero-order valence-electron chi connectivity index (χ0n) is 10.9. The van der Waals surface area contributed by atoms with Gasteiger partial charge in [-0.2, -0.15) is 0 Å². The summed E-state index contributed by atoms with van der Waals surface area (Å²) in [5, 5.41) is 0. The monoisotopic (exact) mass is 249 g/mol. The van der Waals surface area contributed by atoms with Gasteiger partial charge in [-0.05, 0) is 25.0 Å². The first kappa shape index (κ1) is 11.7. The van der Waals surface area contributed by atoms with E-state index >= 15 is 0 Å². The van der Waals surface area contributed by atoms with Gasteiger partial charge < -0.3 is 19.9 Å². The van der Waals surface area contributed by atoms with Gasteiger partial charge in [0.15, 0.2) is 11.5 Å². The lowest BCUT2D eigenvalue weighted by Gasteiger charge is -2.40. The van der Waals surface area contributed by atoms with E-state index in [2.05, 4.69) is 13.8 Å². The van der Waals surface area contributed by atoms with E-state index in [1.807, 2.05) is 12.1 Å². The Morgan fingerprint density at radius 2 is 2.00 bits per heavy atom. The van der Waals surface area contributed by atoms with Crippen LogP contribution in [-0.2, 0) is 0 Å². The standard InChI is InChI=1S/C14H19NO3/c1-3-14(4-2)7-10(15)9-5-6-11-13(12(9)18-14)17-8-16-11/h5-6,10H,3-4,7-8,15H2,1-2H3. The number of hydrogen-bond donors (Lipinski definition) is 1. The molecule has 0 amide bonds. The highest BCUT2D eigenvalue weighted by atomic mass is 16.7. The Balaban J connectivity index is 2.09. The van der Waals surface area contributed by atoms with Crippen LogP contribution in [0.25, 0.3) is 0 Å². The zero-order valence-corrected chi connectivity index (χ0v) is 10.9. The predicted octanol–water partition coefficient (Wildman–Crippen LogP) is 2.76. The van der Waals surface area contributed by atoms with Crippen molar-refractivity contribution in [1.29, 1.82) is 0 Å². The largest absolute Gasteiger partial charge is 0.483 e. The highest BCUT2D eigenvalue weighted by molar-refractivity contribution is 5.58. The minimum absolute atomic E-state index is 0.00292. The van der Waals surface area contributed by atoms with Crippen LogP contribution < -0.4 is 19.9 Å². The lowest BCUT2D eigenvalue weighted by molar-refractivity contribution is 0.0248. The molecule has 1 atom stereocenters. The van der Waals surface area contributed by atoms with Crippen LogP contribution >= 0.6 is 0 Å². The molecule has 0 spiro atoms. The van der Waals surface area contributed by atoms with E-state index in [4.69, 9.17) is 19.9 Å². The van der Waals surface area contributed by atoms with Crippen LogP contribution in [0.2, 0.25) is 0 Å². The number of rotatable bonds is 2. The van der Waals surface area contributed by atoms with Gasteiger partial charge in [0.25, 0.3) is 0 Å². The molecule has 2 N–H and O–H groups in total. The second kappa shape index (κ2) is 4.05. The first-order valence-electron chi connectivity index (χ1n) is 6.56. The van der Waals surface area contributed by atoms with E-state index in [1.165, 1.54) is 0 Å². The van der Waals surface area contributed by atoms with Gasteiger partial charge in [-0.3, -0.25) is 0 Å². The van der Waals surface area contributed by atoms with E-state index in [-0.39, 0.29) is 18.4 Å². The first-order chi connectivity index (χ1) is 8.69. The molecule has 0 bridgehead atoms. The molecule has 4 nitrogen and oxygen atoms in total. The van der Waals surface area contributed by atoms with Crippen molar-refractivity contribution < 1.29 is 14.2 Å². The second-order valence-electron chi connectivity index (χ2n) is 5.02. The average molecular weight is 249 g/mol. The van der Waals surface area contributed by atoms with Gasteiger partial charge in [-0.15, -0.1) is 0 Å². The molecule has 0 radical (unpaired) electrons. The Bertz CT molecular complexity index is 468. The summed E-state index contributed by atoms with van der Waals surface area (Å²) in [5.41, 5.74) is 7.14. The lowest BCUT2D eigenvalue weighted by Crippen LogP contribution is -2.42. The molecule has 0 saturated carbocycles. The van der Waals surface area contributed by atoms with E-state index < -0.39 is 0 Å². The van der Waals surface area contributed by atoms with Crippen LogP contribution in [-0.4, -0.2) is 12.4 Å². The fourth-order valence-corrected chi connectivity index (χ4v) is 2.81. The van der Waals surface area contributed by atoms with Crippen molar-refractivity contribution in [2.75, 3.05) is 6.79 Å². The maximum atomic E-state index is 6.29. The van der Waals surface area contributed by atoms with Crippen molar-refractivity contribution >= 4 is 0 Å². The minimum atomic E-state index is -0.173. The molecule has 2 aliphatic rings. The second-order valence-corrected chi connectivity index (χ2v) is 5.02. The summed E-state index contributed by atoms with van der Waals surface area (Å²) in [4.78, 5) is 0. The Morgan fingerprint density at radius 3 is 2.72 bits per heavy atom. The van der Waals surface area contributed by atoms with Gasteiger partial charge >= 0.3 is 0 Å². The van der Waals surface area contributed by atoms with E-state index in [1.54, 1.807) is 0 Å². The summed E-state index contributed by atoms with van der Waals surface area (Å²) in [6, 6.07) is 3.90. The normalized spacial score (nSPS) is 23.4. The SMILES string of the molecule is CCC1(CC)CC(N)c2ccc3c(c2O1)OCO3. The Morgan fingerprint density at radius 1 is 1.22 bits per heavy atom. The fourth-order valence-electron chi connectivity index (χ4n) is 2.81. The third-order valence-electron chi connectivity index (χ3n) is 4.12. The van der Waals surface area contributed by atoms with Gasteiger partial charge in [0.1, 0.15) is 5.60 Å². The van der Waals surface area contributed by atoms with Gasteiger partial charge in [0.2, 0.25) is 12.5 Å². The number of nitrogens with two attached hydrogens (primary N) is 1. The molecule has 4 heteroatoms. The Labute approximate surface area is 107 Å². The summed E-state index contributed by atoms with van der Waals surface area (Å²) in [6.45, 7) is 4.54. The molecule has 1 unspecified atom stereocenters. The van der Waals surface area contributed by atoms with Gasteiger partial charge in [0.05, 0.1) is 0 Å². The van der Waals surface area contributed by atoms with Crippen LogP contribution in [0, 0.1) is 0 Å². The molecule has 0 fully saturated rings. The van der Waals surface area contributed by atoms with Gasteiger partial charge in [-0.25, -0.2) is 0 Å². The molecular weight excluding hydrogens is 230 g/mol. The average Bonchev–Trinajstić information content (AvgIpc) is 2.87. The lowest BCUT2D eigenvalue weighted by atomic mass is 9.84. The molecule has 18 heavy (non-hydrogen) atoms. The van der Waals surface area contributed by atoms with Crippen molar-refractivity contribution in [2.24, 2.45) is 5.73 Å². The maximum Gasteiger partial charge on any atom is 0.231 e. The quantitative estimate of drug-likeness (QED) is 0.875. The van der Waals surface area contributed by atoms with Crippen molar-refractivity contribution in [1.82, 2.24) is 0 Å². The van der Waals surface area contributed by atoms with E-state index in [0.717, 1.165) is 36.3 Å². The molecule has 3 rings (SSSR count). The first-order valence-corrected chi connectivity index (χ1v) is 6.56. The van der Waals surface area contributed by atoms with Crippen LogP contribution in [0.4, 0.5) is 0 Å². The third-order valence-corrected chi connectivity index (χ3v) is 4.12. The molecule has 1 aromatic carbocycles. The Hall–Kier alpha value is -1.42. The summed E-state index contributed by atoms with van der Waals surface area (Å²) in [5.74, 6) is 2.25. The molecule has 2 heterocycles. The summed E-state index contributed by atoms with van der Waals surface area (Å²) in [7, 11) is 0. The van der Waals surface area contributed by atoms with Crippen LogP contribution in [0.15, 0.2) is 12.1 Å². The molecule has 0 aliphatic carbocycles. The Kier molecular flexibility index (Phi) is 2.63. The summed E-state index contributed by atoms with van der Waals surface area (Å²) < 4.78 is 17.2. The fraction of sp³-hybridized carbons (Fsp3) is 0.571. The van der Waals surface area contributed by atoms with Crippen LogP contribution in [0.3, 0.4) is 0 Å². The smallest absolute Gasteiger partial charge is 0.231 e. The predicted molar refractivity (Wildman–Crippen MR) is 68.1 cm³/mol. The number of benzene rings is 1. The van der Waals surface area contributed by atoms with E-state index in [0.29, 0.717) is 5.75 Å². The topological polar surface area (TPSA) is 53.7 Å². The molecule has 98 valence electrons. The number of fused-ring (bicyclic) bond motifs is 3. The van der Waals surface area contributed by atoms with Crippen molar-refractivity contribution in [3.05, 3.63) is 17.7 Å². The van der Waals surface area contributed by atoms with Crippen LogP contribution in [0.5, 0.6) is 17.2 Å². The van der Waals surface area contributed by atoms with Crippen molar-refractivity contribution in [2.45, 2.75) is 44.8 Å². The molecule has 0 saturated heterocycles.